The fourth-order valence-electron chi connectivity index (χ4n) is 3.38. The monoisotopic (exact) mass is 351 g/mol. The fraction of sp³-hybridized carbons (Fsp3) is 0.706. The van der Waals surface area contributed by atoms with E-state index in [4.69, 9.17) is 4.74 Å². The summed E-state index contributed by atoms with van der Waals surface area (Å²) in [5, 5.41) is 5.96. The average Bonchev–Trinajstić information content (AvgIpc) is 3.19. The molecule has 2 heterocycles. The number of aromatic nitrogens is 1. The molecular formula is C17H25N3O3S. The van der Waals surface area contributed by atoms with Crippen molar-refractivity contribution >= 4 is 23.2 Å². The molecule has 1 aliphatic carbocycles. The largest absolute Gasteiger partial charge is 0.362 e. The lowest BCUT2D eigenvalue weighted by atomic mass is 10.0. The zero-order chi connectivity index (χ0) is 17.2. The third-order valence-electron chi connectivity index (χ3n) is 4.80. The van der Waals surface area contributed by atoms with Crippen LogP contribution in [0.2, 0.25) is 0 Å². The molecule has 0 radical (unpaired) electrons. The number of nitrogens with zero attached hydrogens (tertiary/aromatic N) is 2. The van der Waals surface area contributed by atoms with Crippen molar-refractivity contribution in [3.8, 4) is 0 Å². The lowest BCUT2D eigenvalue weighted by molar-refractivity contribution is -0.163. The van der Waals surface area contributed by atoms with Crippen LogP contribution < -0.4 is 5.32 Å². The molecule has 0 unspecified atom stereocenters. The van der Waals surface area contributed by atoms with Gasteiger partial charge in [0, 0.05) is 18.0 Å². The highest BCUT2D eigenvalue weighted by atomic mass is 32.1. The van der Waals surface area contributed by atoms with Crippen molar-refractivity contribution in [3.63, 3.8) is 0 Å². The molecule has 1 saturated carbocycles. The molecule has 24 heavy (non-hydrogen) atoms. The molecule has 1 saturated heterocycles. The Balaban J connectivity index is 1.59. The van der Waals surface area contributed by atoms with Crippen molar-refractivity contribution in [2.45, 2.75) is 57.6 Å². The fourth-order valence-corrected chi connectivity index (χ4v) is 4.00. The standard InChI is InChI=1S/C17H25N3O3S/c1-12-18-14(10-24-12)9-15(21)20-7-8-23-17(2,11-20)16(22)19-13-5-3-4-6-13/h10,13H,3-9,11H2,1-2H3,(H,19,22)/t17-/m1/s1. The minimum absolute atomic E-state index is 0.00323. The van der Waals surface area contributed by atoms with E-state index in [1.54, 1.807) is 23.2 Å². The van der Waals surface area contributed by atoms with Crippen molar-refractivity contribution in [1.82, 2.24) is 15.2 Å². The smallest absolute Gasteiger partial charge is 0.254 e. The number of hydrogen-bond donors (Lipinski definition) is 1. The van der Waals surface area contributed by atoms with Crippen molar-refractivity contribution in [2.24, 2.45) is 0 Å². The zero-order valence-electron chi connectivity index (χ0n) is 14.3. The number of hydrogen-bond acceptors (Lipinski definition) is 5. The molecule has 1 N–H and O–H groups in total. The molecule has 2 aliphatic rings. The Morgan fingerprint density at radius 2 is 2.21 bits per heavy atom. The Morgan fingerprint density at radius 3 is 2.88 bits per heavy atom. The van der Waals surface area contributed by atoms with E-state index in [0.29, 0.717) is 19.7 Å². The summed E-state index contributed by atoms with van der Waals surface area (Å²) in [6.45, 7) is 4.92. The lowest BCUT2D eigenvalue weighted by Gasteiger charge is -2.39. The minimum atomic E-state index is -0.964. The van der Waals surface area contributed by atoms with E-state index < -0.39 is 5.60 Å². The Hall–Kier alpha value is -1.47. The molecule has 1 aromatic rings. The van der Waals surface area contributed by atoms with E-state index in [1.807, 2.05) is 12.3 Å². The van der Waals surface area contributed by atoms with Gasteiger partial charge in [0.05, 0.1) is 30.3 Å². The van der Waals surface area contributed by atoms with Gasteiger partial charge in [-0.3, -0.25) is 9.59 Å². The first-order chi connectivity index (χ1) is 11.5. The van der Waals surface area contributed by atoms with Crippen LogP contribution in [0.5, 0.6) is 0 Å². The number of ether oxygens (including phenoxy) is 1. The SMILES string of the molecule is Cc1nc(CC(=O)N2CCO[C@@](C)(C(=O)NC3CCCC3)C2)cs1. The molecule has 2 fully saturated rings. The van der Waals surface area contributed by atoms with Crippen LogP contribution in [0.15, 0.2) is 5.38 Å². The van der Waals surface area contributed by atoms with Crippen LogP contribution in [-0.2, 0) is 20.7 Å². The molecule has 1 aliphatic heterocycles. The third kappa shape index (κ3) is 3.95. The highest BCUT2D eigenvalue weighted by molar-refractivity contribution is 7.09. The summed E-state index contributed by atoms with van der Waals surface area (Å²) in [5.41, 5.74) is -0.166. The normalized spacial score (nSPS) is 25.0. The van der Waals surface area contributed by atoms with E-state index in [2.05, 4.69) is 10.3 Å². The number of rotatable bonds is 4. The Labute approximate surface area is 146 Å². The molecule has 0 bridgehead atoms. The van der Waals surface area contributed by atoms with E-state index in [0.717, 1.165) is 23.5 Å². The van der Waals surface area contributed by atoms with E-state index in [9.17, 15) is 9.59 Å². The first kappa shape index (κ1) is 17.4. The summed E-state index contributed by atoms with van der Waals surface area (Å²) in [6, 6.07) is 0.252. The average molecular weight is 351 g/mol. The summed E-state index contributed by atoms with van der Waals surface area (Å²) in [4.78, 5) is 31.2. The van der Waals surface area contributed by atoms with Crippen molar-refractivity contribution in [3.05, 3.63) is 16.1 Å². The van der Waals surface area contributed by atoms with Crippen LogP contribution in [-0.4, -0.2) is 53.0 Å². The van der Waals surface area contributed by atoms with E-state index in [1.165, 1.54) is 12.8 Å². The number of aryl methyl sites for hydroxylation is 1. The number of carbonyl (C=O) groups is 2. The van der Waals surface area contributed by atoms with E-state index >= 15 is 0 Å². The van der Waals surface area contributed by atoms with Crippen LogP contribution in [0.25, 0.3) is 0 Å². The van der Waals surface area contributed by atoms with E-state index in [-0.39, 0.29) is 24.3 Å². The van der Waals surface area contributed by atoms with Gasteiger partial charge in [0.2, 0.25) is 5.91 Å². The number of morpholine rings is 1. The predicted octanol–water partition coefficient (Wildman–Crippen LogP) is 1.67. The maximum Gasteiger partial charge on any atom is 0.254 e. The molecular weight excluding hydrogens is 326 g/mol. The number of nitrogens with one attached hydrogen (secondary N) is 1. The van der Waals surface area contributed by atoms with Crippen LogP contribution in [0.1, 0.15) is 43.3 Å². The second-order valence-electron chi connectivity index (χ2n) is 6.88. The van der Waals surface area contributed by atoms with Gasteiger partial charge in [-0.25, -0.2) is 4.98 Å². The van der Waals surface area contributed by atoms with Crippen LogP contribution in [0, 0.1) is 6.92 Å². The molecule has 7 heteroatoms. The highest BCUT2D eigenvalue weighted by Gasteiger charge is 2.41. The topological polar surface area (TPSA) is 71.5 Å². The van der Waals surface area contributed by atoms with Gasteiger partial charge in [-0.1, -0.05) is 12.8 Å². The van der Waals surface area contributed by atoms with Crippen LogP contribution in [0.3, 0.4) is 0 Å². The maximum absolute atomic E-state index is 12.6. The molecule has 132 valence electrons. The predicted molar refractivity (Wildman–Crippen MR) is 91.9 cm³/mol. The summed E-state index contributed by atoms with van der Waals surface area (Å²) in [6.07, 6.45) is 4.69. The van der Waals surface area contributed by atoms with Gasteiger partial charge in [0.15, 0.2) is 5.60 Å². The Kier molecular flexibility index (Phi) is 5.20. The van der Waals surface area contributed by atoms with Crippen LogP contribution in [0.4, 0.5) is 0 Å². The van der Waals surface area contributed by atoms with Gasteiger partial charge in [0.25, 0.3) is 5.91 Å². The third-order valence-corrected chi connectivity index (χ3v) is 5.62. The molecule has 3 rings (SSSR count). The summed E-state index contributed by atoms with van der Waals surface area (Å²) < 4.78 is 5.75. The number of thiazole rings is 1. The second kappa shape index (κ2) is 7.19. The number of carbonyl (C=O) groups excluding carboxylic acids is 2. The number of amides is 2. The van der Waals surface area contributed by atoms with Crippen LogP contribution >= 0.6 is 11.3 Å². The molecule has 0 spiro atoms. The van der Waals surface area contributed by atoms with Gasteiger partial charge in [-0.15, -0.1) is 11.3 Å². The summed E-state index contributed by atoms with van der Waals surface area (Å²) in [5.74, 6) is -0.0973. The molecule has 6 nitrogen and oxygen atoms in total. The Bertz CT molecular complexity index is 612. The van der Waals surface area contributed by atoms with Crippen molar-refractivity contribution < 1.29 is 14.3 Å². The summed E-state index contributed by atoms with van der Waals surface area (Å²) in [7, 11) is 0. The van der Waals surface area contributed by atoms with Crippen molar-refractivity contribution in [2.75, 3.05) is 19.7 Å². The second-order valence-corrected chi connectivity index (χ2v) is 7.95. The molecule has 1 atom stereocenters. The minimum Gasteiger partial charge on any atom is -0.362 e. The maximum atomic E-state index is 12.6. The molecule has 2 amide bonds. The zero-order valence-corrected chi connectivity index (χ0v) is 15.2. The Morgan fingerprint density at radius 1 is 1.46 bits per heavy atom. The highest BCUT2D eigenvalue weighted by Crippen LogP contribution is 2.22. The quantitative estimate of drug-likeness (QED) is 0.896. The van der Waals surface area contributed by atoms with Gasteiger partial charge in [0.1, 0.15) is 0 Å². The molecule has 1 aromatic heterocycles. The van der Waals surface area contributed by atoms with Gasteiger partial charge >= 0.3 is 0 Å². The molecule has 0 aromatic carbocycles. The summed E-state index contributed by atoms with van der Waals surface area (Å²) >= 11 is 1.54. The first-order valence-corrected chi connectivity index (χ1v) is 9.48. The van der Waals surface area contributed by atoms with Gasteiger partial charge < -0.3 is 15.0 Å². The van der Waals surface area contributed by atoms with Gasteiger partial charge in [-0.05, 0) is 26.7 Å². The first-order valence-electron chi connectivity index (χ1n) is 8.60. The van der Waals surface area contributed by atoms with Gasteiger partial charge in [-0.2, -0.15) is 0 Å². The van der Waals surface area contributed by atoms with Crippen molar-refractivity contribution in [1.29, 1.82) is 0 Å². The lowest BCUT2D eigenvalue weighted by Crippen LogP contribution is -2.60.